The molecule has 5 heteroatoms. The normalized spacial score (nSPS) is 9.92. The molecule has 2 aromatic heterocycles. The third-order valence-corrected chi connectivity index (χ3v) is 1.52. The van der Waals surface area contributed by atoms with Gasteiger partial charge in [-0.2, -0.15) is 10.2 Å². The van der Waals surface area contributed by atoms with Crippen molar-refractivity contribution in [1.82, 2.24) is 14.4 Å². The van der Waals surface area contributed by atoms with Crippen LogP contribution in [0.3, 0.4) is 0 Å². The lowest BCUT2D eigenvalue weighted by atomic mass is 10.5. The molecule has 58 valence electrons. The molecule has 2 heterocycles. The maximum atomic E-state index is 8.62. The van der Waals surface area contributed by atoms with Gasteiger partial charge in [0.2, 0.25) is 5.78 Å². The number of nitrogen functional groups attached to an aromatic ring is 1. The zero-order valence-electron chi connectivity index (χ0n) is 6.10. The van der Waals surface area contributed by atoms with Crippen LogP contribution in [0.4, 0.5) is 5.82 Å². The Labute approximate surface area is 68.1 Å². The number of imidazole rings is 1. The number of fused-ring (bicyclic) bond motifs is 1. The second-order valence-corrected chi connectivity index (χ2v) is 2.28. The molecule has 2 rings (SSSR count). The van der Waals surface area contributed by atoms with Crippen molar-refractivity contribution in [3.63, 3.8) is 0 Å². The molecule has 0 aliphatic carbocycles. The summed E-state index contributed by atoms with van der Waals surface area (Å²) < 4.78 is 1.58. The summed E-state index contributed by atoms with van der Waals surface area (Å²) in [5.74, 6) is 0.851. The van der Waals surface area contributed by atoms with Gasteiger partial charge in [-0.05, 0) is 6.07 Å². The molecular formula is C7H5N5. The van der Waals surface area contributed by atoms with Crippen LogP contribution in [0.25, 0.3) is 5.78 Å². The van der Waals surface area contributed by atoms with Gasteiger partial charge in [-0.25, -0.2) is 4.98 Å². The van der Waals surface area contributed by atoms with Crippen LogP contribution in [0, 0.1) is 11.3 Å². The zero-order valence-corrected chi connectivity index (χ0v) is 6.10. The lowest BCUT2D eigenvalue weighted by Crippen LogP contribution is -1.95. The van der Waals surface area contributed by atoms with E-state index in [1.165, 1.54) is 6.20 Å². The van der Waals surface area contributed by atoms with Gasteiger partial charge < -0.3 is 5.73 Å². The summed E-state index contributed by atoms with van der Waals surface area (Å²) in [6.07, 6.45) is 3.13. The molecule has 0 amide bonds. The molecule has 0 fully saturated rings. The minimum absolute atomic E-state index is 0.401. The molecule has 0 radical (unpaired) electrons. The first kappa shape index (κ1) is 6.61. The summed E-state index contributed by atoms with van der Waals surface area (Å²) in [5, 5.41) is 8.62. The molecule has 12 heavy (non-hydrogen) atoms. The van der Waals surface area contributed by atoms with Gasteiger partial charge in [-0.15, -0.1) is 0 Å². The highest BCUT2D eigenvalue weighted by molar-refractivity contribution is 5.42. The molecule has 0 bridgehead atoms. The van der Waals surface area contributed by atoms with E-state index < -0.39 is 0 Å². The van der Waals surface area contributed by atoms with Crippen molar-refractivity contribution in [2.45, 2.75) is 0 Å². The van der Waals surface area contributed by atoms with Gasteiger partial charge in [-0.3, -0.25) is 4.40 Å². The molecule has 0 unspecified atom stereocenters. The van der Waals surface area contributed by atoms with Crippen LogP contribution in [-0.2, 0) is 0 Å². The summed E-state index contributed by atoms with van der Waals surface area (Å²) in [7, 11) is 0. The van der Waals surface area contributed by atoms with E-state index in [1.54, 1.807) is 16.7 Å². The fraction of sp³-hybridized carbons (Fsp3) is 0. The SMILES string of the molecule is N#Cc1cnc2nc(N)ccn12. The van der Waals surface area contributed by atoms with Crippen LogP contribution in [0.2, 0.25) is 0 Å². The van der Waals surface area contributed by atoms with E-state index in [9.17, 15) is 0 Å². The monoisotopic (exact) mass is 159 g/mol. The Morgan fingerprint density at radius 2 is 2.42 bits per heavy atom. The lowest BCUT2D eigenvalue weighted by molar-refractivity contribution is 1.10. The summed E-state index contributed by atoms with van der Waals surface area (Å²) >= 11 is 0. The van der Waals surface area contributed by atoms with Crippen molar-refractivity contribution >= 4 is 11.6 Å². The summed E-state index contributed by atoms with van der Waals surface area (Å²) in [4.78, 5) is 7.82. The third-order valence-electron chi connectivity index (χ3n) is 1.52. The van der Waals surface area contributed by atoms with Crippen molar-refractivity contribution in [1.29, 1.82) is 5.26 Å². The average molecular weight is 159 g/mol. The minimum Gasteiger partial charge on any atom is -0.384 e. The summed E-state index contributed by atoms with van der Waals surface area (Å²) in [6.45, 7) is 0. The Morgan fingerprint density at radius 3 is 3.17 bits per heavy atom. The maximum Gasteiger partial charge on any atom is 0.236 e. The van der Waals surface area contributed by atoms with Crippen LogP contribution >= 0.6 is 0 Å². The number of rotatable bonds is 0. The average Bonchev–Trinajstić information content (AvgIpc) is 2.46. The molecule has 0 aromatic carbocycles. The van der Waals surface area contributed by atoms with Gasteiger partial charge in [0.05, 0.1) is 6.20 Å². The van der Waals surface area contributed by atoms with Crippen molar-refractivity contribution < 1.29 is 0 Å². The van der Waals surface area contributed by atoms with Crippen molar-refractivity contribution in [3.05, 3.63) is 24.2 Å². The predicted molar refractivity (Wildman–Crippen MR) is 42.1 cm³/mol. The van der Waals surface area contributed by atoms with Crippen LogP contribution in [0.5, 0.6) is 0 Å². The summed E-state index contributed by atoms with van der Waals surface area (Å²) in [5.41, 5.74) is 5.88. The third kappa shape index (κ3) is 0.787. The highest BCUT2D eigenvalue weighted by Gasteiger charge is 2.01. The molecular weight excluding hydrogens is 154 g/mol. The molecule has 0 atom stereocenters. The van der Waals surface area contributed by atoms with Crippen molar-refractivity contribution in [3.8, 4) is 6.07 Å². The molecule has 0 aliphatic rings. The van der Waals surface area contributed by atoms with Crippen LogP contribution in [0.15, 0.2) is 18.5 Å². The van der Waals surface area contributed by atoms with E-state index in [4.69, 9.17) is 11.0 Å². The number of nitrogens with two attached hydrogens (primary N) is 1. The number of hydrogen-bond acceptors (Lipinski definition) is 4. The highest BCUT2D eigenvalue weighted by Crippen LogP contribution is 2.04. The molecule has 0 spiro atoms. The van der Waals surface area contributed by atoms with Gasteiger partial charge in [0.25, 0.3) is 0 Å². The largest absolute Gasteiger partial charge is 0.384 e. The minimum atomic E-state index is 0.401. The van der Waals surface area contributed by atoms with E-state index in [2.05, 4.69) is 9.97 Å². The first-order chi connectivity index (χ1) is 5.81. The number of aromatic nitrogens is 3. The van der Waals surface area contributed by atoms with Gasteiger partial charge in [0.15, 0.2) is 0 Å². The van der Waals surface area contributed by atoms with E-state index in [1.807, 2.05) is 6.07 Å². The molecule has 0 aliphatic heterocycles. The highest BCUT2D eigenvalue weighted by atomic mass is 15.1. The number of anilines is 1. The van der Waals surface area contributed by atoms with Crippen molar-refractivity contribution in [2.75, 3.05) is 5.73 Å². The van der Waals surface area contributed by atoms with E-state index in [0.717, 1.165) is 0 Å². The standard InChI is InChI=1S/C7H5N5/c8-3-5-4-10-7-11-6(9)1-2-12(5)7/h1-2,4H,(H2,9,10,11). The van der Waals surface area contributed by atoms with Gasteiger partial charge >= 0.3 is 0 Å². The quantitative estimate of drug-likeness (QED) is 0.594. The molecule has 2 aromatic rings. The molecule has 5 nitrogen and oxygen atoms in total. The lowest BCUT2D eigenvalue weighted by Gasteiger charge is -1.93. The molecule has 0 saturated carbocycles. The predicted octanol–water partition coefficient (Wildman–Crippen LogP) is 0.183. The number of hydrogen-bond donors (Lipinski definition) is 1. The second kappa shape index (κ2) is 2.20. The van der Waals surface area contributed by atoms with Gasteiger partial charge in [0, 0.05) is 6.20 Å². The number of nitrogens with zero attached hydrogens (tertiary/aromatic N) is 4. The molecule has 0 saturated heterocycles. The van der Waals surface area contributed by atoms with Gasteiger partial charge in [-0.1, -0.05) is 0 Å². The molecule has 2 N–H and O–H groups in total. The topological polar surface area (TPSA) is 80.0 Å². The van der Waals surface area contributed by atoms with Crippen LogP contribution in [-0.4, -0.2) is 14.4 Å². The first-order valence-electron chi connectivity index (χ1n) is 3.31. The number of nitriles is 1. The van der Waals surface area contributed by atoms with E-state index >= 15 is 0 Å². The fourth-order valence-corrected chi connectivity index (χ4v) is 0.967. The zero-order chi connectivity index (χ0) is 8.55. The van der Waals surface area contributed by atoms with Crippen molar-refractivity contribution in [2.24, 2.45) is 0 Å². The van der Waals surface area contributed by atoms with Crippen LogP contribution in [0.1, 0.15) is 5.69 Å². The smallest absolute Gasteiger partial charge is 0.236 e. The Hall–Kier alpha value is -2.09. The maximum absolute atomic E-state index is 8.62. The van der Waals surface area contributed by atoms with E-state index in [0.29, 0.717) is 17.3 Å². The Kier molecular flexibility index (Phi) is 1.21. The Balaban J connectivity index is 2.84. The van der Waals surface area contributed by atoms with E-state index in [-0.39, 0.29) is 0 Å². The van der Waals surface area contributed by atoms with Crippen LogP contribution < -0.4 is 5.73 Å². The second-order valence-electron chi connectivity index (χ2n) is 2.28. The Bertz CT molecular complexity index is 464. The first-order valence-corrected chi connectivity index (χ1v) is 3.31. The summed E-state index contributed by atoms with van der Waals surface area (Å²) in [6, 6.07) is 3.61. The van der Waals surface area contributed by atoms with Gasteiger partial charge in [0.1, 0.15) is 17.6 Å². The Morgan fingerprint density at radius 1 is 1.58 bits per heavy atom. The fourth-order valence-electron chi connectivity index (χ4n) is 0.967.